The van der Waals surface area contributed by atoms with Crippen molar-refractivity contribution >= 4 is 39.9 Å². The summed E-state index contributed by atoms with van der Waals surface area (Å²) >= 11 is 12.6. The van der Waals surface area contributed by atoms with E-state index in [-0.39, 0.29) is 0 Å². The summed E-state index contributed by atoms with van der Waals surface area (Å²) in [5, 5.41) is 19.0. The van der Waals surface area contributed by atoms with Gasteiger partial charge in [-0.1, -0.05) is 23.2 Å². The summed E-state index contributed by atoms with van der Waals surface area (Å²) in [6.07, 6.45) is 4.43. The highest BCUT2D eigenvalue weighted by Crippen LogP contribution is 2.35. The van der Waals surface area contributed by atoms with Gasteiger partial charge in [-0.2, -0.15) is 10.4 Å². The van der Waals surface area contributed by atoms with Crippen molar-refractivity contribution in [2.75, 3.05) is 31.2 Å². The van der Waals surface area contributed by atoms with Crippen molar-refractivity contribution in [1.29, 1.82) is 5.26 Å². The number of ether oxygens (including phenoxy) is 2. The van der Waals surface area contributed by atoms with Crippen molar-refractivity contribution in [2.45, 2.75) is 13.0 Å². The maximum Gasteiger partial charge on any atom is 0.146 e. The van der Waals surface area contributed by atoms with Gasteiger partial charge in [-0.25, -0.2) is 4.98 Å². The topological polar surface area (TPSA) is 100.0 Å². The molecule has 3 aromatic heterocycles. The number of rotatable bonds is 5. The highest BCUT2D eigenvalue weighted by Gasteiger charge is 2.20. The first-order valence-electron chi connectivity index (χ1n) is 10.7. The predicted octanol–water partition coefficient (Wildman–Crippen LogP) is 5.17. The van der Waals surface area contributed by atoms with E-state index in [2.05, 4.69) is 31.1 Å². The van der Waals surface area contributed by atoms with Crippen LogP contribution in [0.3, 0.4) is 0 Å². The zero-order chi connectivity index (χ0) is 23.7. The minimum atomic E-state index is -0.393. The molecular formula is C24H20Cl2N6O2. The number of nitrogens with one attached hydrogen (secondary N) is 1. The van der Waals surface area contributed by atoms with Crippen LogP contribution in [-0.4, -0.2) is 46.5 Å². The van der Waals surface area contributed by atoms with Crippen LogP contribution in [0.4, 0.5) is 5.82 Å². The average molecular weight is 495 g/mol. The van der Waals surface area contributed by atoms with Gasteiger partial charge in [0.05, 0.1) is 34.3 Å². The number of nitrogens with zero attached hydrogens (tertiary/aromatic N) is 5. The monoisotopic (exact) mass is 494 g/mol. The van der Waals surface area contributed by atoms with Crippen LogP contribution in [0.5, 0.6) is 5.75 Å². The van der Waals surface area contributed by atoms with Crippen molar-refractivity contribution in [3.63, 3.8) is 0 Å². The van der Waals surface area contributed by atoms with Crippen LogP contribution in [0.2, 0.25) is 10.0 Å². The Labute approximate surface area is 206 Å². The Bertz CT molecular complexity index is 1370. The molecule has 0 saturated carbocycles. The molecule has 1 fully saturated rings. The lowest BCUT2D eigenvalue weighted by molar-refractivity contribution is 0.122. The number of fused-ring (bicyclic) bond motifs is 1. The van der Waals surface area contributed by atoms with Gasteiger partial charge in [0.1, 0.15) is 29.4 Å². The van der Waals surface area contributed by atoms with Crippen LogP contribution in [-0.2, 0) is 4.74 Å². The molecule has 0 spiro atoms. The molecule has 4 heterocycles. The van der Waals surface area contributed by atoms with Gasteiger partial charge >= 0.3 is 0 Å². The van der Waals surface area contributed by atoms with Gasteiger partial charge in [-0.3, -0.25) is 10.1 Å². The normalized spacial score (nSPS) is 14.7. The van der Waals surface area contributed by atoms with Crippen molar-refractivity contribution in [3.8, 4) is 23.1 Å². The molecule has 1 saturated heterocycles. The van der Waals surface area contributed by atoms with Crippen molar-refractivity contribution in [1.82, 2.24) is 20.2 Å². The highest BCUT2D eigenvalue weighted by molar-refractivity contribution is 6.35. The number of aromatic nitrogens is 4. The molecule has 1 aromatic carbocycles. The molecule has 0 amide bonds. The molecular weight excluding hydrogens is 475 g/mol. The molecule has 1 aliphatic rings. The van der Waals surface area contributed by atoms with Crippen molar-refractivity contribution in [3.05, 3.63) is 64.0 Å². The van der Waals surface area contributed by atoms with E-state index in [1.807, 2.05) is 31.2 Å². The van der Waals surface area contributed by atoms with E-state index >= 15 is 0 Å². The Morgan fingerprint density at radius 2 is 1.91 bits per heavy atom. The second-order valence-electron chi connectivity index (χ2n) is 7.86. The molecule has 1 atom stereocenters. The van der Waals surface area contributed by atoms with Crippen LogP contribution in [0.15, 0.2) is 42.9 Å². The number of hydrogen-bond acceptors (Lipinski definition) is 7. The summed E-state index contributed by atoms with van der Waals surface area (Å²) in [5.41, 5.74) is 3.44. The molecule has 5 rings (SSSR count). The number of anilines is 1. The van der Waals surface area contributed by atoms with Crippen LogP contribution < -0.4 is 9.64 Å². The summed E-state index contributed by atoms with van der Waals surface area (Å²) in [6, 6.07) is 9.73. The highest BCUT2D eigenvalue weighted by atomic mass is 35.5. The van der Waals surface area contributed by atoms with Crippen LogP contribution >= 0.6 is 23.2 Å². The van der Waals surface area contributed by atoms with E-state index in [9.17, 15) is 5.26 Å². The second kappa shape index (κ2) is 9.47. The van der Waals surface area contributed by atoms with Crippen LogP contribution in [0.25, 0.3) is 22.2 Å². The Hall–Kier alpha value is -3.38. The second-order valence-corrected chi connectivity index (χ2v) is 8.68. The summed E-state index contributed by atoms with van der Waals surface area (Å²) in [4.78, 5) is 10.7. The standard InChI is InChI=1S/C24H20Cl2N6O2/c1-14(22-19(25)12-28-13-20(22)26)34-17-2-3-21-18(9-17)23(31-30-21)16-8-15(10-27)24(29-11-16)32-4-6-33-7-5-32/h2-3,8-9,11-14H,4-7H2,1H3,(H,30,31)/t14-/m1/s1. The van der Waals surface area contributed by atoms with Gasteiger partial charge in [0, 0.05) is 48.2 Å². The van der Waals surface area contributed by atoms with E-state index in [0.717, 1.165) is 16.5 Å². The third-order valence-corrected chi connectivity index (χ3v) is 6.32. The molecule has 34 heavy (non-hydrogen) atoms. The van der Waals surface area contributed by atoms with E-state index in [1.165, 1.54) is 0 Å². The number of pyridine rings is 2. The molecule has 10 heteroatoms. The zero-order valence-corrected chi connectivity index (χ0v) is 19.8. The Morgan fingerprint density at radius 3 is 2.65 bits per heavy atom. The summed E-state index contributed by atoms with van der Waals surface area (Å²) in [6.45, 7) is 4.53. The van der Waals surface area contributed by atoms with Gasteiger partial charge in [0.2, 0.25) is 0 Å². The van der Waals surface area contributed by atoms with E-state index in [0.29, 0.717) is 64.7 Å². The number of benzene rings is 1. The van der Waals surface area contributed by atoms with Crippen molar-refractivity contribution in [2.24, 2.45) is 0 Å². The fraction of sp³-hybridized carbons (Fsp3) is 0.250. The summed E-state index contributed by atoms with van der Waals surface area (Å²) < 4.78 is 11.6. The van der Waals surface area contributed by atoms with E-state index < -0.39 is 6.10 Å². The number of hydrogen-bond donors (Lipinski definition) is 1. The lowest BCUT2D eigenvalue weighted by Crippen LogP contribution is -2.37. The van der Waals surface area contributed by atoms with Gasteiger partial charge in [-0.15, -0.1) is 0 Å². The molecule has 172 valence electrons. The van der Waals surface area contributed by atoms with Gasteiger partial charge in [0.25, 0.3) is 0 Å². The summed E-state index contributed by atoms with van der Waals surface area (Å²) in [5.74, 6) is 1.29. The molecule has 1 N–H and O–H groups in total. The third-order valence-electron chi connectivity index (χ3n) is 5.72. The molecule has 4 aromatic rings. The zero-order valence-electron chi connectivity index (χ0n) is 18.3. The lowest BCUT2D eigenvalue weighted by Gasteiger charge is -2.28. The van der Waals surface area contributed by atoms with E-state index in [1.54, 1.807) is 18.6 Å². The maximum atomic E-state index is 9.76. The van der Waals surface area contributed by atoms with Gasteiger partial charge in [-0.05, 0) is 31.2 Å². The Morgan fingerprint density at radius 1 is 1.15 bits per heavy atom. The predicted molar refractivity (Wildman–Crippen MR) is 130 cm³/mol. The number of halogens is 2. The Balaban J connectivity index is 1.47. The van der Waals surface area contributed by atoms with E-state index in [4.69, 9.17) is 32.7 Å². The first-order valence-corrected chi connectivity index (χ1v) is 11.5. The minimum Gasteiger partial charge on any atom is -0.486 e. The molecule has 1 aliphatic heterocycles. The summed E-state index contributed by atoms with van der Waals surface area (Å²) in [7, 11) is 0. The molecule has 0 unspecified atom stereocenters. The lowest BCUT2D eigenvalue weighted by atomic mass is 10.1. The number of aromatic amines is 1. The van der Waals surface area contributed by atoms with Gasteiger partial charge < -0.3 is 14.4 Å². The first kappa shape index (κ1) is 22.4. The molecule has 0 radical (unpaired) electrons. The number of H-pyrrole nitrogens is 1. The van der Waals surface area contributed by atoms with Crippen molar-refractivity contribution < 1.29 is 9.47 Å². The average Bonchev–Trinajstić information content (AvgIpc) is 3.27. The number of nitriles is 1. The SMILES string of the molecule is C[C@@H](Oc1ccc2[nH]nc(-c3cnc(N4CCOCC4)c(C#N)c3)c2c1)c1c(Cl)cncc1Cl. The van der Waals surface area contributed by atoms with Crippen LogP contribution in [0.1, 0.15) is 24.2 Å². The molecule has 0 bridgehead atoms. The smallest absolute Gasteiger partial charge is 0.146 e. The minimum absolute atomic E-state index is 0.393. The van der Waals surface area contributed by atoms with Crippen LogP contribution in [0, 0.1) is 11.3 Å². The maximum absolute atomic E-state index is 9.76. The third kappa shape index (κ3) is 4.26. The molecule has 0 aliphatic carbocycles. The quantitative estimate of drug-likeness (QED) is 0.408. The largest absolute Gasteiger partial charge is 0.486 e. The number of morpholine rings is 1. The first-order chi connectivity index (χ1) is 16.5. The Kier molecular flexibility index (Phi) is 6.24. The molecule has 8 nitrogen and oxygen atoms in total. The van der Waals surface area contributed by atoms with Gasteiger partial charge in [0.15, 0.2) is 0 Å². The fourth-order valence-electron chi connectivity index (χ4n) is 4.06. The fourth-order valence-corrected chi connectivity index (χ4v) is 4.73.